The van der Waals surface area contributed by atoms with E-state index in [-0.39, 0.29) is 5.56 Å². The van der Waals surface area contributed by atoms with Crippen molar-refractivity contribution in [3.8, 4) is 0 Å². The van der Waals surface area contributed by atoms with E-state index in [9.17, 15) is 4.79 Å². The summed E-state index contributed by atoms with van der Waals surface area (Å²) in [5.41, 5.74) is 3.01. The lowest BCUT2D eigenvalue weighted by Gasteiger charge is -2.37. The molecule has 2 aromatic carbocycles. The summed E-state index contributed by atoms with van der Waals surface area (Å²) >= 11 is 1.70. The van der Waals surface area contributed by atoms with Gasteiger partial charge in [-0.2, -0.15) is 0 Å². The van der Waals surface area contributed by atoms with E-state index in [1.54, 1.807) is 22.4 Å². The minimum Gasteiger partial charge on any atom is -0.343 e. The van der Waals surface area contributed by atoms with Crippen LogP contribution >= 0.6 is 11.8 Å². The number of likely N-dealkylation sites (tertiary alicyclic amines) is 1. The highest BCUT2D eigenvalue weighted by Gasteiger charge is 2.29. The second-order valence-electron chi connectivity index (χ2n) is 8.77. The predicted octanol–water partition coefficient (Wildman–Crippen LogP) is 4.56. The van der Waals surface area contributed by atoms with Gasteiger partial charge in [0.25, 0.3) is 5.56 Å². The monoisotopic (exact) mass is 459 g/mol. The molecule has 33 heavy (non-hydrogen) atoms. The van der Waals surface area contributed by atoms with E-state index in [4.69, 9.17) is 4.99 Å². The molecule has 0 unspecified atom stereocenters. The minimum atomic E-state index is -0.421. The Kier molecular flexibility index (Phi) is 6.22. The SMILES string of the molecule is CSc1ccc([C@H]2N=C(N3CCC(Cc4ccccc4)CC3)Nc3nc(C)cc(=O)n32)cc1. The highest BCUT2D eigenvalue weighted by molar-refractivity contribution is 7.98. The molecule has 6 nitrogen and oxygen atoms in total. The lowest BCUT2D eigenvalue weighted by atomic mass is 9.90. The zero-order chi connectivity index (χ0) is 22.8. The van der Waals surface area contributed by atoms with Gasteiger partial charge in [0.1, 0.15) is 0 Å². The van der Waals surface area contributed by atoms with E-state index in [0.29, 0.717) is 17.6 Å². The van der Waals surface area contributed by atoms with E-state index in [2.05, 4.69) is 76.1 Å². The van der Waals surface area contributed by atoms with Crippen LogP contribution in [0.2, 0.25) is 0 Å². The Hall–Kier alpha value is -3.06. The van der Waals surface area contributed by atoms with Crippen LogP contribution in [0.4, 0.5) is 5.95 Å². The van der Waals surface area contributed by atoms with Crippen molar-refractivity contribution in [3.63, 3.8) is 0 Å². The number of guanidine groups is 1. The van der Waals surface area contributed by atoms with Crippen LogP contribution in [0, 0.1) is 12.8 Å². The third kappa shape index (κ3) is 4.69. The van der Waals surface area contributed by atoms with Crippen molar-refractivity contribution in [1.82, 2.24) is 14.5 Å². The zero-order valence-corrected chi connectivity index (χ0v) is 19.9. The number of fused-ring (bicyclic) bond motifs is 1. The summed E-state index contributed by atoms with van der Waals surface area (Å²) in [7, 11) is 0. The quantitative estimate of drug-likeness (QED) is 0.580. The third-order valence-corrected chi connectivity index (χ3v) is 7.23. The molecule has 1 atom stereocenters. The number of rotatable bonds is 4. The number of anilines is 1. The molecular formula is C26H29N5OS. The Balaban J connectivity index is 1.39. The summed E-state index contributed by atoms with van der Waals surface area (Å²) < 4.78 is 1.66. The minimum absolute atomic E-state index is 0.0895. The first-order valence-corrected chi connectivity index (χ1v) is 12.7. The number of hydrogen-bond donors (Lipinski definition) is 1. The Labute approximate surface area is 198 Å². The van der Waals surface area contributed by atoms with Crippen molar-refractivity contribution < 1.29 is 0 Å². The average Bonchev–Trinajstić information content (AvgIpc) is 2.84. The standard InChI is InChI=1S/C26H29N5OS/c1-18-16-23(32)31-24(21-8-10-22(33-2)11-9-21)28-25(29-26(31)27-18)30-14-12-20(13-15-30)17-19-6-4-3-5-7-19/h3-11,16,20,24H,12-15,17H2,1-2H3,(H,27,28,29)/t24-/m0/s1. The van der Waals surface area contributed by atoms with Gasteiger partial charge >= 0.3 is 0 Å². The third-order valence-electron chi connectivity index (χ3n) is 6.49. The van der Waals surface area contributed by atoms with Crippen LogP contribution in [0.15, 0.2) is 75.3 Å². The van der Waals surface area contributed by atoms with Crippen LogP contribution in [-0.4, -0.2) is 39.8 Å². The van der Waals surface area contributed by atoms with Crippen molar-refractivity contribution in [2.75, 3.05) is 24.7 Å². The number of aryl methyl sites for hydroxylation is 1. The molecule has 2 aliphatic rings. The number of nitrogens with one attached hydrogen (secondary N) is 1. The predicted molar refractivity (Wildman–Crippen MR) is 135 cm³/mol. The lowest BCUT2D eigenvalue weighted by Crippen LogP contribution is -2.46. The Morgan fingerprint density at radius 1 is 1.06 bits per heavy atom. The molecule has 1 N–H and O–H groups in total. The summed E-state index contributed by atoms with van der Waals surface area (Å²) in [4.78, 5) is 26.0. The van der Waals surface area contributed by atoms with Gasteiger partial charge in [0, 0.05) is 29.7 Å². The van der Waals surface area contributed by atoms with Gasteiger partial charge in [-0.15, -0.1) is 11.8 Å². The fourth-order valence-corrected chi connectivity index (χ4v) is 5.10. The summed E-state index contributed by atoms with van der Waals surface area (Å²) in [6.07, 6.45) is 5.00. The van der Waals surface area contributed by atoms with Crippen molar-refractivity contribution >= 4 is 23.7 Å². The first-order valence-electron chi connectivity index (χ1n) is 11.5. The molecule has 0 bridgehead atoms. The fraction of sp³-hybridized carbons (Fsp3) is 0.346. The lowest BCUT2D eigenvalue weighted by molar-refractivity contribution is 0.262. The van der Waals surface area contributed by atoms with Gasteiger partial charge in [-0.25, -0.2) is 9.98 Å². The summed E-state index contributed by atoms with van der Waals surface area (Å²) in [6.45, 7) is 3.74. The molecule has 0 spiro atoms. The smallest absolute Gasteiger partial charge is 0.257 e. The molecule has 1 saturated heterocycles. The maximum absolute atomic E-state index is 12.9. The molecule has 170 valence electrons. The van der Waals surface area contributed by atoms with E-state index >= 15 is 0 Å². The summed E-state index contributed by atoms with van der Waals surface area (Å²) in [6, 6.07) is 20.6. The van der Waals surface area contributed by atoms with Crippen LogP contribution in [0.25, 0.3) is 0 Å². The van der Waals surface area contributed by atoms with Gasteiger partial charge in [-0.1, -0.05) is 42.5 Å². The van der Waals surface area contributed by atoms with E-state index < -0.39 is 6.17 Å². The van der Waals surface area contributed by atoms with Crippen molar-refractivity contribution in [3.05, 3.63) is 87.8 Å². The number of thioether (sulfide) groups is 1. The van der Waals surface area contributed by atoms with E-state index in [1.807, 2.05) is 6.92 Å². The molecule has 1 aromatic heterocycles. The highest BCUT2D eigenvalue weighted by atomic mass is 32.2. The maximum atomic E-state index is 12.9. The van der Waals surface area contributed by atoms with E-state index in [1.165, 1.54) is 10.5 Å². The van der Waals surface area contributed by atoms with Crippen LogP contribution in [0.1, 0.15) is 35.8 Å². The number of aromatic nitrogens is 2. The van der Waals surface area contributed by atoms with Crippen molar-refractivity contribution in [2.24, 2.45) is 10.9 Å². The Morgan fingerprint density at radius 2 is 1.79 bits per heavy atom. The Morgan fingerprint density at radius 3 is 2.48 bits per heavy atom. The van der Waals surface area contributed by atoms with Crippen molar-refractivity contribution in [2.45, 2.75) is 37.2 Å². The topological polar surface area (TPSA) is 62.5 Å². The highest BCUT2D eigenvalue weighted by Crippen LogP contribution is 2.29. The number of benzene rings is 2. The number of piperidine rings is 1. The molecule has 5 rings (SSSR count). The molecule has 3 aromatic rings. The van der Waals surface area contributed by atoms with Crippen LogP contribution in [0.5, 0.6) is 0 Å². The van der Waals surface area contributed by atoms with Gasteiger partial charge < -0.3 is 4.90 Å². The fourth-order valence-electron chi connectivity index (χ4n) is 4.69. The van der Waals surface area contributed by atoms with Crippen LogP contribution < -0.4 is 10.9 Å². The number of hydrogen-bond acceptors (Lipinski definition) is 6. The molecule has 2 aliphatic heterocycles. The first kappa shape index (κ1) is 21.8. The second-order valence-corrected chi connectivity index (χ2v) is 9.65. The van der Waals surface area contributed by atoms with Gasteiger partial charge in [-0.3, -0.25) is 14.7 Å². The van der Waals surface area contributed by atoms with Crippen LogP contribution in [-0.2, 0) is 6.42 Å². The molecule has 0 amide bonds. The van der Waals surface area contributed by atoms with Crippen molar-refractivity contribution in [1.29, 1.82) is 0 Å². The van der Waals surface area contributed by atoms with Gasteiger partial charge in [0.05, 0.1) is 0 Å². The maximum Gasteiger partial charge on any atom is 0.257 e. The summed E-state index contributed by atoms with van der Waals surface area (Å²) in [5, 5.41) is 3.36. The normalized spacial score (nSPS) is 18.4. The molecule has 3 heterocycles. The largest absolute Gasteiger partial charge is 0.343 e. The second kappa shape index (κ2) is 9.43. The van der Waals surface area contributed by atoms with E-state index in [0.717, 1.165) is 43.9 Å². The van der Waals surface area contributed by atoms with Crippen LogP contribution in [0.3, 0.4) is 0 Å². The molecular weight excluding hydrogens is 430 g/mol. The number of aliphatic imine (C=N–C) groups is 1. The van der Waals surface area contributed by atoms with Gasteiger partial charge in [-0.05, 0) is 61.6 Å². The van der Waals surface area contributed by atoms with Gasteiger partial charge in [0.2, 0.25) is 11.9 Å². The first-order chi connectivity index (χ1) is 16.1. The molecule has 1 fully saturated rings. The average molecular weight is 460 g/mol. The molecule has 0 aliphatic carbocycles. The zero-order valence-electron chi connectivity index (χ0n) is 19.1. The molecule has 0 saturated carbocycles. The van der Waals surface area contributed by atoms with Gasteiger partial charge in [0.15, 0.2) is 6.17 Å². The summed E-state index contributed by atoms with van der Waals surface area (Å²) in [5.74, 6) is 2.05. The Bertz CT molecular complexity index is 1200. The number of nitrogens with zero attached hydrogens (tertiary/aromatic N) is 4. The molecule has 0 radical (unpaired) electrons. The molecule has 7 heteroatoms.